The van der Waals surface area contributed by atoms with Crippen molar-refractivity contribution in [2.45, 2.75) is 257 Å². The van der Waals surface area contributed by atoms with Crippen LogP contribution in [0, 0.1) is 98.6 Å². The lowest BCUT2D eigenvalue weighted by Crippen LogP contribution is -2.51. The van der Waals surface area contributed by atoms with Gasteiger partial charge in [-0.05, 0) is 221 Å². The molecule has 67 heavy (non-hydrogen) atoms. The molecule has 0 aromatic carbocycles. The molecule has 8 rings (SSSR count). The molecule has 382 valence electrons. The Morgan fingerprint density at radius 1 is 0.522 bits per heavy atom. The van der Waals surface area contributed by atoms with Gasteiger partial charge in [0, 0.05) is 0 Å². The predicted octanol–water partition coefficient (Wildman–Crippen LogP) is 17.6. The molecule has 0 spiro atoms. The minimum atomic E-state index is -0.512. The summed E-state index contributed by atoms with van der Waals surface area (Å²) in [5, 5.41) is 0. The number of fused-ring (bicyclic) bond motifs is 10. The number of allylic oxidation sites excluding steroid dienone is 2. The van der Waals surface area contributed by atoms with E-state index in [1.54, 1.807) is 11.1 Å². The van der Waals surface area contributed by atoms with E-state index in [1.165, 1.54) is 122 Å². The first-order chi connectivity index (χ1) is 31.6. The molecular formula is C62H104O5. The molecule has 0 aromatic heterocycles. The second kappa shape index (κ2) is 21.5. The second-order valence-electron chi connectivity index (χ2n) is 27.4. The van der Waals surface area contributed by atoms with E-state index in [-0.39, 0.29) is 30.2 Å². The number of rotatable bonds is 14. The monoisotopic (exact) mass is 929 g/mol. The van der Waals surface area contributed by atoms with E-state index in [2.05, 4.69) is 81.4 Å². The highest BCUT2D eigenvalue weighted by Gasteiger charge is 2.61. The van der Waals surface area contributed by atoms with Gasteiger partial charge in [0.25, 0.3) is 0 Å². The molecule has 8 aliphatic rings. The Hall–Kier alpha value is -1.78. The predicted molar refractivity (Wildman–Crippen MR) is 277 cm³/mol. The minimum absolute atomic E-state index is 0.0101. The lowest BCUT2D eigenvalue weighted by atomic mass is 9.46. The fourth-order valence-electron chi connectivity index (χ4n) is 18.3. The average Bonchev–Trinajstić information content (AvgIpc) is 3.80. The normalized spacial score (nSPS) is 40.7. The summed E-state index contributed by atoms with van der Waals surface area (Å²) >= 11 is 0. The molecule has 6 unspecified atom stereocenters. The van der Waals surface area contributed by atoms with Crippen LogP contribution in [0.2, 0.25) is 0 Å². The summed E-state index contributed by atoms with van der Waals surface area (Å²) in [7, 11) is 0. The van der Waals surface area contributed by atoms with Gasteiger partial charge >= 0.3 is 12.1 Å². The van der Waals surface area contributed by atoms with E-state index in [4.69, 9.17) is 14.2 Å². The molecule has 5 nitrogen and oxygen atoms in total. The van der Waals surface area contributed by atoms with E-state index in [9.17, 15) is 9.59 Å². The molecule has 0 saturated heterocycles. The van der Waals surface area contributed by atoms with Crippen LogP contribution in [0.4, 0.5) is 4.79 Å². The van der Waals surface area contributed by atoms with Gasteiger partial charge < -0.3 is 14.2 Å². The van der Waals surface area contributed by atoms with Crippen molar-refractivity contribution < 1.29 is 23.8 Å². The summed E-state index contributed by atoms with van der Waals surface area (Å²) in [6.07, 6.45) is 33.3. The van der Waals surface area contributed by atoms with E-state index >= 15 is 0 Å². The Morgan fingerprint density at radius 3 is 1.36 bits per heavy atom. The minimum Gasteiger partial charge on any atom is -0.458 e. The summed E-state index contributed by atoms with van der Waals surface area (Å²) in [5.74, 6) is 10.5. The zero-order valence-corrected chi connectivity index (χ0v) is 46.0. The zero-order chi connectivity index (χ0) is 48.6. The Balaban J connectivity index is 0.000000199. The topological polar surface area (TPSA) is 61.8 Å². The maximum Gasteiger partial charge on any atom is 0.509 e. The van der Waals surface area contributed by atoms with Crippen molar-refractivity contribution in [2.75, 3.05) is 0 Å². The van der Waals surface area contributed by atoms with Gasteiger partial charge in [0.15, 0.2) is 0 Å². The molecule has 0 bridgehead atoms. The third-order valence-corrected chi connectivity index (χ3v) is 21.9. The molecule has 0 aliphatic heterocycles. The molecule has 0 N–H and O–H groups in total. The van der Waals surface area contributed by atoms with Crippen molar-refractivity contribution in [1.82, 2.24) is 0 Å². The summed E-state index contributed by atoms with van der Waals surface area (Å²) in [6.45, 7) is 32.7. The SMILES string of the molecule is CC(C)CCC[C@H](C)[C@H]1CCC2C3CCC4=C[C@@H](OC(=O)C(C)C)CC[C@]4(C)C3CC[C@@]21C.CC(C)CCC[C@H](C)[C@H]1CCC2C3CCC4=C[C@@H](OC(=O)OC(C)C)CC[C@]4(C)C3CC[C@@]21C. The van der Waals surface area contributed by atoms with Crippen LogP contribution < -0.4 is 0 Å². The molecule has 8 aliphatic carbocycles. The number of carbonyl (C=O) groups is 2. The molecule has 0 amide bonds. The van der Waals surface area contributed by atoms with Crippen molar-refractivity contribution >= 4 is 12.1 Å². The highest BCUT2D eigenvalue weighted by atomic mass is 16.7. The third-order valence-electron chi connectivity index (χ3n) is 21.9. The smallest absolute Gasteiger partial charge is 0.458 e. The Labute approximate surface area is 412 Å². The standard InChI is InChI=1S/C31H52O3.C31H52O2/c1-20(2)9-8-10-22(5)26-13-14-27-25-12-11-23-19-24(34-29(32)33-21(3)4)15-17-30(23,6)28(25)16-18-31(26,27)7;1-20(2)9-8-10-22(5)26-13-14-27-25-12-11-23-19-24(33-29(32)21(3)4)15-17-30(23,6)28(25)16-18-31(26,27)7/h19-22,24-28H,8-18H2,1-7H3;19-22,24-28H,8-18H2,1-7H3/t2*22-,24-,25?,26+,27?,28?,30-,31+/m00/s1. The van der Waals surface area contributed by atoms with Gasteiger partial charge in [-0.15, -0.1) is 0 Å². The highest BCUT2D eigenvalue weighted by Crippen LogP contribution is 2.69. The van der Waals surface area contributed by atoms with Crippen LogP contribution in [0.3, 0.4) is 0 Å². The number of hydrogen-bond donors (Lipinski definition) is 0. The van der Waals surface area contributed by atoms with Gasteiger partial charge in [0.1, 0.15) is 12.2 Å². The van der Waals surface area contributed by atoms with Crippen LogP contribution in [-0.2, 0) is 19.0 Å². The lowest BCUT2D eigenvalue weighted by Gasteiger charge is -2.59. The first kappa shape index (κ1) is 53.0. The van der Waals surface area contributed by atoms with Gasteiger partial charge in [-0.25, -0.2) is 4.79 Å². The first-order valence-corrected chi connectivity index (χ1v) is 29.1. The van der Waals surface area contributed by atoms with E-state index in [1.807, 2.05) is 27.7 Å². The summed E-state index contributed by atoms with van der Waals surface area (Å²) in [5.41, 5.74) is 4.95. The number of carbonyl (C=O) groups excluding carboxylic acids is 2. The van der Waals surface area contributed by atoms with Crippen molar-refractivity contribution in [2.24, 2.45) is 98.6 Å². The van der Waals surface area contributed by atoms with Crippen molar-refractivity contribution in [1.29, 1.82) is 0 Å². The molecule has 6 fully saturated rings. The van der Waals surface area contributed by atoms with Crippen LogP contribution in [-0.4, -0.2) is 30.4 Å². The number of hydrogen-bond acceptors (Lipinski definition) is 5. The van der Waals surface area contributed by atoms with Crippen molar-refractivity contribution in [3.05, 3.63) is 23.3 Å². The van der Waals surface area contributed by atoms with Gasteiger partial charge in [-0.3, -0.25) is 4.79 Å². The molecule has 0 radical (unpaired) electrons. The average molecular weight is 930 g/mol. The van der Waals surface area contributed by atoms with Crippen LogP contribution in [0.5, 0.6) is 0 Å². The summed E-state index contributed by atoms with van der Waals surface area (Å²) in [4.78, 5) is 24.2. The maximum atomic E-state index is 12.2. The molecule has 5 heteroatoms. The Bertz CT molecular complexity index is 1740. The summed E-state index contributed by atoms with van der Waals surface area (Å²) in [6, 6.07) is 0. The van der Waals surface area contributed by atoms with Gasteiger partial charge in [-0.1, -0.05) is 133 Å². The molecular weight excluding hydrogens is 825 g/mol. The van der Waals surface area contributed by atoms with Gasteiger partial charge in [0.2, 0.25) is 0 Å². The van der Waals surface area contributed by atoms with E-state index < -0.39 is 6.16 Å². The van der Waals surface area contributed by atoms with E-state index in [0.29, 0.717) is 21.7 Å². The van der Waals surface area contributed by atoms with Gasteiger partial charge in [0.05, 0.1) is 12.0 Å². The van der Waals surface area contributed by atoms with Crippen molar-refractivity contribution in [3.8, 4) is 0 Å². The van der Waals surface area contributed by atoms with Gasteiger partial charge in [-0.2, -0.15) is 0 Å². The fraction of sp³-hybridized carbons (Fsp3) is 0.903. The maximum absolute atomic E-state index is 12.2. The van der Waals surface area contributed by atoms with Crippen LogP contribution in [0.25, 0.3) is 0 Å². The number of esters is 1. The van der Waals surface area contributed by atoms with Crippen LogP contribution in [0.15, 0.2) is 23.3 Å². The largest absolute Gasteiger partial charge is 0.509 e. The Kier molecular flexibility index (Phi) is 17.0. The third kappa shape index (κ3) is 11.0. The lowest BCUT2D eigenvalue weighted by molar-refractivity contribution is -0.152. The molecule has 6 saturated carbocycles. The first-order valence-electron chi connectivity index (χ1n) is 29.1. The van der Waals surface area contributed by atoms with Crippen molar-refractivity contribution in [3.63, 3.8) is 0 Å². The zero-order valence-electron chi connectivity index (χ0n) is 46.0. The molecule has 0 heterocycles. The fourth-order valence-corrected chi connectivity index (χ4v) is 18.3. The second-order valence-corrected chi connectivity index (χ2v) is 27.4. The quantitative estimate of drug-likeness (QED) is 0.128. The van der Waals surface area contributed by atoms with E-state index in [0.717, 1.165) is 90.3 Å². The molecule has 16 atom stereocenters. The highest BCUT2D eigenvalue weighted by molar-refractivity contribution is 5.71. The molecule has 0 aromatic rings. The Morgan fingerprint density at radius 2 is 0.955 bits per heavy atom. The number of ether oxygens (including phenoxy) is 3. The van der Waals surface area contributed by atoms with Crippen LogP contribution in [0.1, 0.15) is 238 Å². The summed E-state index contributed by atoms with van der Waals surface area (Å²) < 4.78 is 16.7. The van der Waals surface area contributed by atoms with Crippen LogP contribution >= 0.6 is 0 Å².